The van der Waals surface area contributed by atoms with Gasteiger partial charge >= 0.3 is 0 Å². The lowest BCUT2D eigenvalue weighted by molar-refractivity contribution is 0.0335. The van der Waals surface area contributed by atoms with Gasteiger partial charge in [0.15, 0.2) is 11.6 Å². The Hall–Kier alpha value is -1.05. The minimum absolute atomic E-state index is 0.199. The van der Waals surface area contributed by atoms with Crippen LogP contribution in [-0.4, -0.2) is 7.11 Å². The SMILES string of the molecule is COc1cc2c(cc1F)CCC1C2CC[C@]2(C)C(C)CCC12. The van der Waals surface area contributed by atoms with Gasteiger partial charge in [-0.3, -0.25) is 0 Å². The first-order valence-corrected chi connectivity index (χ1v) is 8.91. The molecule has 1 nitrogen and oxygen atoms in total. The van der Waals surface area contributed by atoms with Crippen molar-refractivity contribution in [2.24, 2.45) is 23.2 Å². The molecule has 0 heterocycles. The number of ether oxygens (including phenoxy) is 1. The van der Waals surface area contributed by atoms with Crippen LogP contribution < -0.4 is 4.74 Å². The quantitative estimate of drug-likeness (QED) is 0.681. The summed E-state index contributed by atoms with van der Waals surface area (Å²) in [5.74, 6) is 3.38. The second kappa shape index (κ2) is 4.97. The van der Waals surface area contributed by atoms with E-state index in [0.29, 0.717) is 17.1 Å². The molecule has 0 bridgehead atoms. The first kappa shape index (κ1) is 14.5. The lowest BCUT2D eigenvalue weighted by Crippen LogP contribution is -2.41. The average Bonchev–Trinajstić information content (AvgIpc) is 2.82. The molecule has 0 aliphatic heterocycles. The summed E-state index contributed by atoms with van der Waals surface area (Å²) in [5.41, 5.74) is 3.16. The lowest BCUT2D eigenvalue weighted by atomic mass is 9.54. The van der Waals surface area contributed by atoms with Gasteiger partial charge in [0.05, 0.1) is 7.11 Å². The highest BCUT2D eigenvalue weighted by Gasteiger charge is 2.53. The minimum Gasteiger partial charge on any atom is -0.494 e. The van der Waals surface area contributed by atoms with E-state index in [2.05, 4.69) is 13.8 Å². The Kier molecular flexibility index (Phi) is 3.29. The summed E-state index contributed by atoms with van der Waals surface area (Å²) in [6.45, 7) is 4.99. The third kappa shape index (κ3) is 1.88. The number of halogens is 1. The van der Waals surface area contributed by atoms with Crippen molar-refractivity contribution >= 4 is 0 Å². The molecule has 0 amide bonds. The molecule has 1 aromatic rings. The van der Waals surface area contributed by atoms with Crippen LogP contribution in [-0.2, 0) is 6.42 Å². The molecule has 0 radical (unpaired) electrons. The topological polar surface area (TPSA) is 9.23 Å². The molecule has 0 N–H and O–H groups in total. The normalized spacial score (nSPS) is 39.8. The van der Waals surface area contributed by atoms with Crippen LogP contribution in [0.3, 0.4) is 0 Å². The summed E-state index contributed by atoms with van der Waals surface area (Å²) in [7, 11) is 1.57. The molecular weight excluding hydrogens is 275 g/mol. The Labute approximate surface area is 133 Å². The van der Waals surface area contributed by atoms with Crippen LogP contribution in [0, 0.1) is 29.0 Å². The monoisotopic (exact) mass is 302 g/mol. The maximum absolute atomic E-state index is 14.0. The zero-order valence-corrected chi connectivity index (χ0v) is 14.0. The largest absolute Gasteiger partial charge is 0.494 e. The fraction of sp³-hybridized carbons (Fsp3) is 0.700. The molecule has 4 rings (SSSR count). The van der Waals surface area contributed by atoms with Gasteiger partial charge in [-0.2, -0.15) is 0 Å². The Balaban J connectivity index is 1.72. The molecule has 5 atom stereocenters. The van der Waals surface area contributed by atoms with Crippen molar-refractivity contribution in [2.75, 3.05) is 7.11 Å². The number of hydrogen-bond donors (Lipinski definition) is 0. The molecule has 4 unspecified atom stereocenters. The summed E-state index contributed by atoms with van der Waals surface area (Å²) >= 11 is 0. The van der Waals surface area contributed by atoms with Gasteiger partial charge < -0.3 is 4.74 Å². The van der Waals surface area contributed by atoms with E-state index in [0.717, 1.165) is 24.2 Å². The van der Waals surface area contributed by atoms with E-state index in [-0.39, 0.29) is 5.82 Å². The first-order chi connectivity index (χ1) is 10.5. The van der Waals surface area contributed by atoms with Crippen LogP contribution in [0.1, 0.15) is 63.0 Å². The van der Waals surface area contributed by atoms with Crippen molar-refractivity contribution in [3.8, 4) is 5.75 Å². The van der Waals surface area contributed by atoms with Gasteiger partial charge in [-0.05, 0) is 90.9 Å². The number of rotatable bonds is 1. The minimum atomic E-state index is -0.199. The summed E-state index contributed by atoms with van der Waals surface area (Å²) < 4.78 is 19.2. The predicted molar refractivity (Wildman–Crippen MR) is 86.7 cm³/mol. The highest BCUT2D eigenvalue weighted by Crippen LogP contribution is 2.62. The summed E-state index contributed by atoms with van der Waals surface area (Å²) in [6.07, 6.45) is 7.67. The summed E-state index contributed by atoms with van der Waals surface area (Å²) in [6, 6.07) is 3.73. The predicted octanol–water partition coefficient (Wildman–Crippen LogP) is 5.33. The smallest absolute Gasteiger partial charge is 0.165 e. The molecule has 120 valence electrons. The maximum Gasteiger partial charge on any atom is 0.165 e. The molecule has 3 aliphatic carbocycles. The van der Waals surface area contributed by atoms with E-state index in [1.165, 1.54) is 43.2 Å². The van der Waals surface area contributed by atoms with Crippen molar-refractivity contribution in [1.82, 2.24) is 0 Å². The van der Waals surface area contributed by atoms with Gasteiger partial charge in [-0.25, -0.2) is 4.39 Å². The van der Waals surface area contributed by atoms with Crippen LogP contribution >= 0.6 is 0 Å². The number of hydrogen-bond acceptors (Lipinski definition) is 1. The zero-order valence-electron chi connectivity index (χ0n) is 14.0. The molecular formula is C20H27FO. The fourth-order valence-electron chi connectivity index (χ4n) is 5.99. The highest BCUT2D eigenvalue weighted by atomic mass is 19.1. The second-order valence-corrected chi connectivity index (χ2v) is 8.12. The van der Waals surface area contributed by atoms with E-state index >= 15 is 0 Å². The van der Waals surface area contributed by atoms with Crippen molar-refractivity contribution in [1.29, 1.82) is 0 Å². The van der Waals surface area contributed by atoms with Gasteiger partial charge in [0.1, 0.15) is 0 Å². The maximum atomic E-state index is 14.0. The molecule has 2 saturated carbocycles. The Morgan fingerprint density at radius 1 is 1.18 bits per heavy atom. The Morgan fingerprint density at radius 3 is 2.77 bits per heavy atom. The average molecular weight is 302 g/mol. The lowest BCUT2D eigenvalue weighted by Gasteiger charge is -2.50. The molecule has 2 heteroatoms. The van der Waals surface area contributed by atoms with E-state index in [1.807, 2.05) is 6.07 Å². The first-order valence-electron chi connectivity index (χ1n) is 8.91. The van der Waals surface area contributed by atoms with Crippen LogP contribution in [0.5, 0.6) is 5.75 Å². The summed E-state index contributed by atoms with van der Waals surface area (Å²) in [5, 5.41) is 0. The van der Waals surface area contributed by atoms with Crippen LogP contribution in [0.25, 0.3) is 0 Å². The van der Waals surface area contributed by atoms with Crippen LogP contribution in [0.4, 0.5) is 4.39 Å². The van der Waals surface area contributed by atoms with Crippen molar-refractivity contribution in [3.63, 3.8) is 0 Å². The van der Waals surface area contributed by atoms with Gasteiger partial charge in [0.2, 0.25) is 0 Å². The molecule has 0 spiro atoms. The second-order valence-electron chi connectivity index (χ2n) is 8.12. The van der Waals surface area contributed by atoms with E-state index in [1.54, 1.807) is 13.2 Å². The van der Waals surface area contributed by atoms with Crippen molar-refractivity contribution in [2.45, 2.75) is 58.3 Å². The molecule has 3 aliphatic rings. The highest BCUT2D eigenvalue weighted by molar-refractivity contribution is 5.42. The third-order valence-electron chi connectivity index (χ3n) is 7.47. The van der Waals surface area contributed by atoms with Crippen molar-refractivity contribution < 1.29 is 9.13 Å². The van der Waals surface area contributed by atoms with Gasteiger partial charge in [-0.1, -0.05) is 13.8 Å². The van der Waals surface area contributed by atoms with E-state index in [9.17, 15) is 4.39 Å². The summed E-state index contributed by atoms with van der Waals surface area (Å²) in [4.78, 5) is 0. The van der Waals surface area contributed by atoms with Crippen LogP contribution in [0.2, 0.25) is 0 Å². The number of fused-ring (bicyclic) bond motifs is 5. The molecule has 2 fully saturated rings. The standard InChI is InChI=1S/C20H27FO/c1-12-4-7-17-15-6-5-13-10-18(21)19(22-3)11-16(13)14(15)8-9-20(12,17)2/h10-12,14-15,17H,4-9H2,1-3H3/t12?,14?,15?,17?,20-/m1/s1. The zero-order chi connectivity index (χ0) is 15.5. The molecule has 22 heavy (non-hydrogen) atoms. The number of methoxy groups -OCH3 is 1. The Bertz CT molecular complexity index is 596. The van der Waals surface area contributed by atoms with Gasteiger partial charge in [0.25, 0.3) is 0 Å². The number of benzene rings is 1. The Morgan fingerprint density at radius 2 is 2.00 bits per heavy atom. The van der Waals surface area contributed by atoms with Gasteiger partial charge in [-0.15, -0.1) is 0 Å². The molecule has 0 aromatic heterocycles. The van der Waals surface area contributed by atoms with Gasteiger partial charge in [0, 0.05) is 0 Å². The van der Waals surface area contributed by atoms with Crippen LogP contribution in [0.15, 0.2) is 12.1 Å². The van der Waals surface area contributed by atoms with E-state index < -0.39 is 0 Å². The van der Waals surface area contributed by atoms with E-state index in [4.69, 9.17) is 4.74 Å². The van der Waals surface area contributed by atoms with Crippen molar-refractivity contribution in [3.05, 3.63) is 29.1 Å². The molecule has 1 aromatic carbocycles. The fourth-order valence-corrected chi connectivity index (χ4v) is 5.99. The molecule has 0 saturated heterocycles. The third-order valence-corrected chi connectivity index (χ3v) is 7.47. The number of aryl methyl sites for hydroxylation is 1.